The van der Waals surface area contributed by atoms with Crippen molar-refractivity contribution in [1.29, 1.82) is 5.41 Å². The summed E-state index contributed by atoms with van der Waals surface area (Å²) in [5.74, 6) is -3.07. The molecule has 14 nitrogen and oxygen atoms in total. The molecular weight excluding hydrogens is 771 g/mol. The lowest BCUT2D eigenvalue weighted by Crippen LogP contribution is -2.28. The van der Waals surface area contributed by atoms with Crippen LogP contribution in [0.5, 0.6) is 0 Å². The van der Waals surface area contributed by atoms with E-state index in [0.29, 0.717) is 34.7 Å². The van der Waals surface area contributed by atoms with Gasteiger partial charge >= 0.3 is 23.9 Å². The summed E-state index contributed by atoms with van der Waals surface area (Å²) in [6.07, 6.45) is 2.28. The lowest BCUT2D eigenvalue weighted by atomic mass is 9.89. The molecule has 1 unspecified atom stereocenters. The van der Waals surface area contributed by atoms with E-state index in [1.807, 2.05) is 13.8 Å². The van der Waals surface area contributed by atoms with Gasteiger partial charge in [-0.05, 0) is 104 Å². The van der Waals surface area contributed by atoms with Crippen molar-refractivity contribution < 1.29 is 52.8 Å². The molecule has 1 heterocycles. The molecule has 1 amide bonds. The monoisotopic (exact) mass is 825 g/mol. The van der Waals surface area contributed by atoms with Gasteiger partial charge < -0.3 is 34.8 Å². The minimum absolute atomic E-state index is 0.00288. The molecule has 60 heavy (non-hydrogen) atoms. The number of aromatic nitrogens is 1. The van der Waals surface area contributed by atoms with Crippen molar-refractivity contribution >= 4 is 47.4 Å². The SMILES string of the molecule is C=Cc1cc(C(=O)Cc2ccc(C(=N)CC(=O)OCCCC(=O)OC(C)(C)C)cc2)c(-c2ccc(C(=O)NCC3CC3)nc2C(=O)OC(C)OC(=O)CC(C)C)cc1CO. The number of carbonyl (C=O) groups is 6. The molecule has 3 N–H and O–H groups in total. The molecule has 1 atom stereocenters. The summed E-state index contributed by atoms with van der Waals surface area (Å²) in [5, 5.41) is 21.6. The first kappa shape index (κ1) is 46.7. The number of esters is 4. The predicted molar refractivity (Wildman–Crippen MR) is 223 cm³/mol. The Morgan fingerprint density at radius 2 is 1.65 bits per heavy atom. The van der Waals surface area contributed by atoms with Gasteiger partial charge in [0.1, 0.15) is 11.3 Å². The minimum atomic E-state index is -1.30. The Balaban J connectivity index is 1.56. The van der Waals surface area contributed by atoms with Crippen LogP contribution in [0.15, 0.2) is 55.1 Å². The molecule has 0 radical (unpaired) electrons. The second kappa shape index (κ2) is 21.3. The number of ether oxygens (including phenoxy) is 4. The summed E-state index contributed by atoms with van der Waals surface area (Å²) in [7, 11) is 0. The fourth-order valence-corrected chi connectivity index (χ4v) is 6.04. The van der Waals surface area contributed by atoms with Crippen LogP contribution in [0.25, 0.3) is 17.2 Å². The molecule has 0 aliphatic heterocycles. The van der Waals surface area contributed by atoms with Gasteiger partial charge in [-0.3, -0.25) is 24.0 Å². The maximum absolute atomic E-state index is 14.2. The number of aliphatic hydroxyl groups is 1. The topological polar surface area (TPSA) is 208 Å². The van der Waals surface area contributed by atoms with Gasteiger partial charge in [0.15, 0.2) is 11.5 Å². The van der Waals surface area contributed by atoms with E-state index in [2.05, 4.69) is 16.9 Å². The van der Waals surface area contributed by atoms with Crippen molar-refractivity contribution in [2.75, 3.05) is 13.2 Å². The van der Waals surface area contributed by atoms with Crippen molar-refractivity contribution in [2.24, 2.45) is 11.8 Å². The first-order valence-electron chi connectivity index (χ1n) is 20.0. The zero-order valence-corrected chi connectivity index (χ0v) is 35.2. The van der Waals surface area contributed by atoms with Gasteiger partial charge in [-0.1, -0.05) is 50.8 Å². The van der Waals surface area contributed by atoms with E-state index in [9.17, 15) is 33.9 Å². The van der Waals surface area contributed by atoms with E-state index in [4.69, 9.17) is 24.4 Å². The van der Waals surface area contributed by atoms with Crippen LogP contribution in [0.2, 0.25) is 0 Å². The second-order valence-electron chi connectivity index (χ2n) is 16.1. The molecule has 1 saturated carbocycles. The quantitative estimate of drug-likeness (QED) is 0.0249. The third-order valence-corrected chi connectivity index (χ3v) is 9.17. The normalized spacial score (nSPS) is 12.9. The lowest BCUT2D eigenvalue weighted by Gasteiger charge is -2.19. The first-order valence-corrected chi connectivity index (χ1v) is 20.0. The van der Waals surface area contributed by atoms with Crippen LogP contribution >= 0.6 is 0 Å². The Bertz CT molecular complexity index is 2100. The van der Waals surface area contributed by atoms with Crippen LogP contribution in [0.1, 0.15) is 134 Å². The number of aliphatic hydroxyl groups excluding tert-OH is 1. The third-order valence-electron chi connectivity index (χ3n) is 9.17. The van der Waals surface area contributed by atoms with Gasteiger partial charge in [-0.25, -0.2) is 9.78 Å². The predicted octanol–water partition coefficient (Wildman–Crippen LogP) is 6.96. The van der Waals surface area contributed by atoms with Crippen LogP contribution in [0, 0.1) is 17.2 Å². The summed E-state index contributed by atoms with van der Waals surface area (Å²) in [6, 6.07) is 12.6. The molecule has 2 aromatic carbocycles. The number of ketones is 1. The number of nitrogens with one attached hydrogen (secondary N) is 2. The number of amides is 1. The Morgan fingerprint density at radius 1 is 0.950 bits per heavy atom. The molecular formula is C46H55N3O11. The lowest BCUT2D eigenvalue weighted by molar-refractivity contribution is -0.166. The number of benzene rings is 2. The van der Waals surface area contributed by atoms with Gasteiger partial charge in [0.05, 0.1) is 19.6 Å². The highest BCUT2D eigenvalue weighted by Crippen LogP contribution is 2.33. The number of hydrogen-bond donors (Lipinski definition) is 3. The smallest absolute Gasteiger partial charge is 0.360 e. The molecule has 1 aliphatic carbocycles. The highest BCUT2D eigenvalue weighted by molar-refractivity contribution is 6.09. The molecule has 0 saturated heterocycles. The minimum Gasteiger partial charge on any atom is -0.465 e. The molecule has 1 aromatic heterocycles. The molecule has 0 spiro atoms. The average Bonchev–Trinajstić information content (AvgIpc) is 4.01. The summed E-state index contributed by atoms with van der Waals surface area (Å²) < 4.78 is 21.2. The number of rotatable bonds is 21. The Labute approximate surface area is 350 Å². The van der Waals surface area contributed by atoms with E-state index in [1.165, 1.54) is 25.1 Å². The Hall–Kier alpha value is -6.02. The van der Waals surface area contributed by atoms with Gasteiger partial charge in [0, 0.05) is 49.6 Å². The summed E-state index contributed by atoms with van der Waals surface area (Å²) in [4.78, 5) is 82.2. The molecule has 1 aliphatic rings. The van der Waals surface area contributed by atoms with E-state index < -0.39 is 48.3 Å². The van der Waals surface area contributed by atoms with Crippen molar-refractivity contribution in [2.45, 2.75) is 105 Å². The summed E-state index contributed by atoms with van der Waals surface area (Å²) >= 11 is 0. The van der Waals surface area contributed by atoms with Crippen molar-refractivity contribution in [3.8, 4) is 11.1 Å². The third kappa shape index (κ3) is 14.4. The zero-order valence-electron chi connectivity index (χ0n) is 35.2. The molecule has 14 heteroatoms. The van der Waals surface area contributed by atoms with Crippen LogP contribution in [-0.2, 0) is 46.4 Å². The molecule has 320 valence electrons. The van der Waals surface area contributed by atoms with E-state index in [-0.39, 0.29) is 84.2 Å². The number of Topliss-reactive ketones (excluding diaryl/α,β-unsaturated/α-hetero) is 1. The molecule has 1 fully saturated rings. The van der Waals surface area contributed by atoms with Crippen LogP contribution < -0.4 is 5.32 Å². The van der Waals surface area contributed by atoms with Crippen LogP contribution in [0.3, 0.4) is 0 Å². The Morgan fingerprint density at radius 3 is 2.27 bits per heavy atom. The maximum atomic E-state index is 14.2. The van der Waals surface area contributed by atoms with E-state index in [1.54, 1.807) is 57.2 Å². The molecule has 4 rings (SSSR count). The fourth-order valence-electron chi connectivity index (χ4n) is 6.04. The standard InChI is InChI=1S/C46H55N3O11/c1-8-31-22-36(39(51)21-29-13-15-32(16-14-29)37(47)24-41(53)57-19-9-10-40(52)60-46(5,6)7)35(23-33(31)26-50)34-17-18-38(44(55)48-25-30-11-12-30)49-43(34)45(56)59-28(4)58-42(54)20-27(2)3/h8,13-18,22-23,27-28,30,47,50H,1,9-12,19-21,24-26H2,2-7H3,(H,48,55). The molecule has 3 aromatic rings. The average molecular weight is 826 g/mol. The number of pyridine rings is 1. The van der Waals surface area contributed by atoms with Gasteiger partial charge in [-0.15, -0.1) is 0 Å². The second-order valence-corrected chi connectivity index (χ2v) is 16.1. The highest BCUT2D eigenvalue weighted by Gasteiger charge is 2.28. The van der Waals surface area contributed by atoms with Gasteiger partial charge in [-0.2, -0.15) is 0 Å². The van der Waals surface area contributed by atoms with E-state index >= 15 is 0 Å². The number of carbonyl (C=O) groups excluding carboxylic acids is 6. The summed E-state index contributed by atoms with van der Waals surface area (Å²) in [5.41, 5.74) is 1.44. The van der Waals surface area contributed by atoms with Gasteiger partial charge in [0.25, 0.3) is 5.91 Å². The largest absolute Gasteiger partial charge is 0.465 e. The van der Waals surface area contributed by atoms with Crippen molar-refractivity contribution in [3.05, 3.63) is 94.3 Å². The first-order chi connectivity index (χ1) is 28.4. The number of nitrogens with zero attached hydrogens (tertiary/aromatic N) is 1. The Kier molecular flexibility index (Phi) is 16.6. The van der Waals surface area contributed by atoms with Crippen molar-refractivity contribution in [1.82, 2.24) is 10.3 Å². The highest BCUT2D eigenvalue weighted by atomic mass is 16.7. The zero-order chi connectivity index (χ0) is 44.1. The van der Waals surface area contributed by atoms with Crippen molar-refractivity contribution in [3.63, 3.8) is 0 Å². The van der Waals surface area contributed by atoms with Crippen LogP contribution in [0.4, 0.5) is 0 Å². The summed E-state index contributed by atoms with van der Waals surface area (Å²) in [6.45, 7) is 14.2. The van der Waals surface area contributed by atoms with Gasteiger partial charge in [0.2, 0.25) is 6.29 Å². The molecule has 0 bridgehead atoms. The maximum Gasteiger partial charge on any atom is 0.360 e. The number of hydrogen-bond acceptors (Lipinski definition) is 13. The van der Waals surface area contributed by atoms with E-state index in [0.717, 1.165) is 12.8 Å². The fraction of sp³-hybridized carbons (Fsp3) is 0.435. The van der Waals surface area contributed by atoms with Crippen LogP contribution in [-0.4, -0.2) is 76.4 Å².